The Morgan fingerprint density at radius 1 is 1.14 bits per heavy atom. The number of hydrogen-bond donors (Lipinski definition) is 2. The minimum absolute atomic E-state index is 0.114. The van der Waals surface area contributed by atoms with Crippen molar-refractivity contribution in [2.75, 3.05) is 31.6 Å². The van der Waals surface area contributed by atoms with Crippen LogP contribution >= 0.6 is 11.6 Å². The first-order chi connectivity index (χ1) is 14.0. The molecule has 0 saturated carbocycles. The first kappa shape index (κ1) is 20.7. The number of carbonyl (C=O) groups is 3. The number of anilines is 1. The number of nitrogens with zero attached hydrogens (tertiary/aromatic N) is 1. The summed E-state index contributed by atoms with van der Waals surface area (Å²) in [6.07, 6.45) is 0.145. The molecule has 2 aromatic carbocycles. The van der Waals surface area contributed by atoms with Gasteiger partial charge in [0.2, 0.25) is 11.8 Å². The SMILES string of the molecule is COc1ccccc1C(=O)NCCNC(=O)[C@H]1CC(=O)N(c2cccc(Cl)c2)C1. The first-order valence-corrected chi connectivity index (χ1v) is 9.62. The number of amides is 3. The molecule has 0 spiro atoms. The van der Waals surface area contributed by atoms with Crippen LogP contribution < -0.4 is 20.3 Å². The summed E-state index contributed by atoms with van der Waals surface area (Å²) >= 11 is 5.98. The van der Waals surface area contributed by atoms with Crippen molar-refractivity contribution in [3.05, 3.63) is 59.1 Å². The fourth-order valence-electron chi connectivity index (χ4n) is 3.21. The monoisotopic (exact) mass is 415 g/mol. The Morgan fingerprint density at radius 3 is 2.66 bits per heavy atom. The van der Waals surface area contributed by atoms with Gasteiger partial charge in [-0.05, 0) is 30.3 Å². The number of methoxy groups -OCH3 is 1. The molecule has 3 amide bonds. The number of halogens is 1. The van der Waals surface area contributed by atoms with Crippen LogP contribution in [0.15, 0.2) is 48.5 Å². The van der Waals surface area contributed by atoms with E-state index in [9.17, 15) is 14.4 Å². The van der Waals surface area contributed by atoms with Gasteiger partial charge in [-0.15, -0.1) is 0 Å². The molecule has 29 heavy (non-hydrogen) atoms. The molecule has 3 rings (SSSR count). The van der Waals surface area contributed by atoms with E-state index in [1.807, 2.05) is 0 Å². The number of hydrogen-bond acceptors (Lipinski definition) is 4. The quantitative estimate of drug-likeness (QED) is 0.679. The summed E-state index contributed by atoms with van der Waals surface area (Å²) in [5.41, 5.74) is 1.11. The van der Waals surface area contributed by atoms with E-state index in [2.05, 4.69) is 10.6 Å². The van der Waals surface area contributed by atoms with Gasteiger partial charge in [0.25, 0.3) is 5.91 Å². The van der Waals surface area contributed by atoms with E-state index in [0.717, 1.165) is 0 Å². The minimum Gasteiger partial charge on any atom is -0.496 e. The Kier molecular flexibility index (Phi) is 6.72. The summed E-state index contributed by atoms with van der Waals surface area (Å²) in [5, 5.41) is 6.05. The zero-order valence-corrected chi connectivity index (χ0v) is 16.7. The maximum atomic E-state index is 12.4. The minimum atomic E-state index is -0.439. The van der Waals surface area contributed by atoms with Gasteiger partial charge in [-0.3, -0.25) is 14.4 Å². The molecule has 7 nitrogen and oxygen atoms in total. The molecule has 1 atom stereocenters. The molecule has 8 heteroatoms. The Labute approximate surface area is 174 Å². The van der Waals surface area contributed by atoms with E-state index in [1.165, 1.54) is 7.11 Å². The molecule has 0 bridgehead atoms. The summed E-state index contributed by atoms with van der Waals surface area (Å²) in [4.78, 5) is 38.5. The topological polar surface area (TPSA) is 87.7 Å². The van der Waals surface area contributed by atoms with E-state index in [0.29, 0.717) is 28.6 Å². The second kappa shape index (κ2) is 9.43. The van der Waals surface area contributed by atoms with Gasteiger partial charge < -0.3 is 20.3 Å². The predicted octanol–water partition coefficient (Wildman–Crippen LogP) is 2.25. The van der Waals surface area contributed by atoms with Crippen LogP contribution in [0, 0.1) is 5.92 Å². The fraction of sp³-hybridized carbons (Fsp3) is 0.286. The van der Waals surface area contributed by atoms with Crippen molar-refractivity contribution in [1.82, 2.24) is 10.6 Å². The highest BCUT2D eigenvalue weighted by molar-refractivity contribution is 6.31. The molecule has 2 aromatic rings. The Hall–Kier alpha value is -3.06. The average Bonchev–Trinajstić information content (AvgIpc) is 3.12. The fourth-order valence-corrected chi connectivity index (χ4v) is 3.39. The Balaban J connectivity index is 1.46. The first-order valence-electron chi connectivity index (χ1n) is 9.24. The third kappa shape index (κ3) is 5.06. The lowest BCUT2D eigenvalue weighted by Crippen LogP contribution is -2.38. The summed E-state index contributed by atoms with van der Waals surface area (Å²) in [7, 11) is 1.50. The molecule has 1 fully saturated rings. The van der Waals surface area contributed by atoms with Gasteiger partial charge in [0.1, 0.15) is 5.75 Å². The van der Waals surface area contributed by atoms with Gasteiger partial charge in [-0.25, -0.2) is 0 Å². The lowest BCUT2D eigenvalue weighted by atomic mass is 10.1. The van der Waals surface area contributed by atoms with Crippen molar-refractivity contribution in [3.8, 4) is 5.75 Å². The third-order valence-corrected chi connectivity index (χ3v) is 4.91. The van der Waals surface area contributed by atoms with Gasteiger partial charge in [0.15, 0.2) is 0 Å². The molecule has 152 valence electrons. The number of para-hydroxylation sites is 1. The molecule has 0 unspecified atom stereocenters. The Morgan fingerprint density at radius 2 is 1.90 bits per heavy atom. The second-order valence-corrected chi connectivity index (χ2v) is 7.07. The van der Waals surface area contributed by atoms with Crippen molar-refractivity contribution < 1.29 is 19.1 Å². The van der Waals surface area contributed by atoms with Crippen LogP contribution in [0.5, 0.6) is 5.75 Å². The van der Waals surface area contributed by atoms with E-state index < -0.39 is 5.92 Å². The van der Waals surface area contributed by atoms with Crippen LogP contribution in [0.1, 0.15) is 16.8 Å². The molecule has 0 aromatic heterocycles. The molecule has 1 aliphatic rings. The van der Waals surface area contributed by atoms with Crippen LogP contribution in [0.2, 0.25) is 5.02 Å². The lowest BCUT2D eigenvalue weighted by molar-refractivity contribution is -0.126. The lowest BCUT2D eigenvalue weighted by Gasteiger charge is -2.17. The van der Waals surface area contributed by atoms with E-state index in [-0.39, 0.29) is 37.2 Å². The molecule has 1 heterocycles. The van der Waals surface area contributed by atoms with Gasteiger partial charge in [-0.1, -0.05) is 29.8 Å². The van der Waals surface area contributed by atoms with Crippen molar-refractivity contribution in [2.45, 2.75) is 6.42 Å². The van der Waals surface area contributed by atoms with Crippen LogP contribution in [-0.4, -0.2) is 44.5 Å². The number of nitrogens with one attached hydrogen (secondary N) is 2. The molecule has 2 N–H and O–H groups in total. The van der Waals surface area contributed by atoms with Crippen LogP contribution in [0.4, 0.5) is 5.69 Å². The molecule has 0 aliphatic carbocycles. The number of benzene rings is 2. The van der Waals surface area contributed by atoms with Gasteiger partial charge in [0, 0.05) is 36.8 Å². The van der Waals surface area contributed by atoms with Crippen LogP contribution in [0.3, 0.4) is 0 Å². The average molecular weight is 416 g/mol. The maximum absolute atomic E-state index is 12.4. The highest BCUT2D eigenvalue weighted by Crippen LogP contribution is 2.27. The van der Waals surface area contributed by atoms with Gasteiger partial charge in [0.05, 0.1) is 18.6 Å². The normalized spacial score (nSPS) is 15.9. The molecule has 1 aliphatic heterocycles. The van der Waals surface area contributed by atoms with Gasteiger partial charge in [-0.2, -0.15) is 0 Å². The summed E-state index contributed by atoms with van der Waals surface area (Å²) < 4.78 is 5.17. The third-order valence-electron chi connectivity index (χ3n) is 4.68. The molecular weight excluding hydrogens is 394 g/mol. The highest BCUT2D eigenvalue weighted by Gasteiger charge is 2.35. The van der Waals surface area contributed by atoms with Crippen molar-refractivity contribution in [1.29, 1.82) is 0 Å². The summed E-state index contributed by atoms with van der Waals surface area (Å²) in [5.74, 6) is -0.558. The number of ether oxygens (including phenoxy) is 1. The maximum Gasteiger partial charge on any atom is 0.255 e. The molecular formula is C21H22ClN3O4. The van der Waals surface area contributed by atoms with Crippen molar-refractivity contribution in [3.63, 3.8) is 0 Å². The zero-order chi connectivity index (χ0) is 20.8. The van der Waals surface area contributed by atoms with E-state index in [1.54, 1.807) is 53.4 Å². The van der Waals surface area contributed by atoms with E-state index >= 15 is 0 Å². The van der Waals surface area contributed by atoms with Crippen molar-refractivity contribution in [2.24, 2.45) is 5.92 Å². The van der Waals surface area contributed by atoms with Crippen molar-refractivity contribution >= 4 is 35.0 Å². The Bertz CT molecular complexity index is 918. The molecule has 1 saturated heterocycles. The molecule has 0 radical (unpaired) electrons. The predicted molar refractivity (Wildman–Crippen MR) is 110 cm³/mol. The van der Waals surface area contributed by atoms with Crippen LogP contribution in [-0.2, 0) is 9.59 Å². The van der Waals surface area contributed by atoms with Gasteiger partial charge >= 0.3 is 0 Å². The highest BCUT2D eigenvalue weighted by atomic mass is 35.5. The van der Waals surface area contributed by atoms with Crippen LogP contribution in [0.25, 0.3) is 0 Å². The second-order valence-electron chi connectivity index (χ2n) is 6.63. The largest absolute Gasteiger partial charge is 0.496 e. The summed E-state index contributed by atoms with van der Waals surface area (Å²) in [6.45, 7) is 0.835. The smallest absolute Gasteiger partial charge is 0.255 e. The number of carbonyl (C=O) groups excluding carboxylic acids is 3. The standard InChI is InChI=1S/C21H22ClN3O4/c1-29-18-8-3-2-7-17(18)21(28)24-10-9-23-20(27)14-11-19(26)25(13-14)16-6-4-5-15(22)12-16/h2-8,12,14H,9-11,13H2,1H3,(H,23,27)(H,24,28)/t14-/m0/s1. The number of rotatable bonds is 7. The summed E-state index contributed by atoms with van der Waals surface area (Å²) in [6, 6.07) is 13.9. The zero-order valence-electron chi connectivity index (χ0n) is 16.0. The van der Waals surface area contributed by atoms with E-state index in [4.69, 9.17) is 16.3 Å².